The summed E-state index contributed by atoms with van der Waals surface area (Å²) < 4.78 is 14.2. The summed E-state index contributed by atoms with van der Waals surface area (Å²) in [6.45, 7) is 0. The van der Waals surface area contributed by atoms with Gasteiger partial charge in [0.25, 0.3) is 5.69 Å². The molecule has 0 aliphatic carbocycles. The van der Waals surface area contributed by atoms with E-state index in [2.05, 4.69) is 15.9 Å². The van der Waals surface area contributed by atoms with Crippen molar-refractivity contribution < 1.29 is 9.31 Å². The van der Waals surface area contributed by atoms with Crippen LogP contribution in [0.5, 0.6) is 0 Å². The summed E-state index contributed by atoms with van der Waals surface area (Å²) in [4.78, 5) is 10.0. The van der Waals surface area contributed by atoms with Gasteiger partial charge in [-0.05, 0) is 29.8 Å². The van der Waals surface area contributed by atoms with E-state index >= 15 is 0 Å². The highest BCUT2D eigenvalue weighted by atomic mass is 79.9. The Morgan fingerprint density at radius 1 is 1.12 bits per heavy atom. The van der Waals surface area contributed by atoms with E-state index in [1.165, 1.54) is 30.3 Å². The molecule has 86 valence electrons. The smallest absolute Gasteiger partial charge is 0.258 e. The Balaban J connectivity index is 2.50. The van der Waals surface area contributed by atoms with Crippen molar-refractivity contribution in [3.05, 3.63) is 62.9 Å². The van der Waals surface area contributed by atoms with Crippen LogP contribution in [0, 0.1) is 15.9 Å². The second-order valence-corrected chi connectivity index (χ2v) is 4.25. The average molecular weight is 296 g/mol. The molecule has 0 radical (unpaired) electrons. The van der Waals surface area contributed by atoms with Crippen molar-refractivity contribution >= 4 is 21.6 Å². The van der Waals surface area contributed by atoms with E-state index in [1.54, 1.807) is 12.1 Å². The molecule has 17 heavy (non-hydrogen) atoms. The van der Waals surface area contributed by atoms with E-state index in [9.17, 15) is 14.5 Å². The lowest BCUT2D eigenvalue weighted by Crippen LogP contribution is -1.89. The highest BCUT2D eigenvalue weighted by Crippen LogP contribution is 2.31. The predicted octanol–water partition coefficient (Wildman–Crippen LogP) is 4.16. The molecule has 0 heterocycles. The van der Waals surface area contributed by atoms with E-state index < -0.39 is 4.92 Å². The van der Waals surface area contributed by atoms with Gasteiger partial charge in [0.05, 0.1) is 4.92 Å². The monoisotopic (exact) mass is 295 g/mol. The number of nitro benzene ring substituents is 1. The number of benzene rings is 2. The Bertz CT molecular complexity index is 549. The zero-order chi connectivity index (χ0) is 12.4. The zero-order valence-electron chi connectivity index (χ0n) is 8.56. The topological polar surface area (TPSA) is 43.1 Å². The Hall–Kier alpha value is -1.75. The maximum absolute atomic E-state index is 13.6. The van der Waals surface area contributed by atoms with Crippen LogP contribution in [0.25, 0.3) is 11.1 Å². The molecule has 0 fully saturated rings. The first-order valence-electron chi connectivity index (χ1n) is 4.78. The van der Waals surface area contributed by atoms with Gasteiger partial charge < -0.3 is 0 Å². The molecular weight excluding hydrogens is 289 g/mol. The average Bonchev–Trinajstić information content (AvgIpc) is 2.29. The van der Waals surface area contributed by atoms with E-state index in [1.807, 2.05) is 0 Å². The van der Waals surface area contributed by atoms with Gasteiger partial charge in [-0.2, -0.15) is 0 Å². The second-order valence-electron chi connectivity index (χ2n) is 3.40. The molecule has 0 spiro atoms. The molecule has 0 aliphatic heterocycles. The fourth-order valence-electron chi connectivity index (χ4n) is 1.52. The van der Waals surface area contributed by atoms with Crippen LogP contribution in [-0.4, -0.2) is 4.92 Å². The first-order valence-corrected chi connectivity index (χ1v) is 5.58. The Labute approximate surface area is 105 Å². The van der Waals surface area contributed by atoms with Gasteiger partial charge in [-0.3, -0.25) is 10.1 Å². The van der Waals surface area contributed by atoms with Gasteiger partial charge in [-0.25, -0.2) is 4.39 Å². The molecule has 0 unspecified atom stereocenters. The molecule has 2 aromatic carbocycles. The highest BCUT2D eigenvalue weighted by molar-refractivity contribution is 9.10. The third-order valence-corrected chi connectivity index (χ3v) is 2.99. The molecule has 0 amide bonds. The number of nitro groups is 1. The van der Waals surface area contributed by atoms with Crippen LogP contribution in [0.1, 0.15) is 0 Å². The summed E-state index contributed by atoms with van der Waals surface area (Å²) in [7, 11) is 0. The lowest BCUT2D eigenvalue weighted by atomic mass is 10.1. The number of non-ortho nitro benzene ring substituents is 1. The summed E-state index contributed by atoms with van der Waals surface area (Å²) in [5, 5.41) is 10.5. The summed E-state index contributed by atoms with van der Waals surface area (Å²) >= 11 is 3.26. The van der Waals surface area contributed by atoms with E-state index in [0.717, 1.165) is 0 Å². The third kappa shape index (κ3) is 2.34. The van der Waals surface area contributed by atoms with Crippen molar-refractivity contribution in [2.24, 2.45) is 0 Å². The lowest BCUT2D eigenvalue weighted by molar-refractivity contribution is -0.384. The number of nitrogens with zero attached hydrogens (tertiary/aromatic N) is 1. The number of hydrogen-bond acceptors (Lipinski definition) is 2. The Morgan fingerprint density at radius 3 is 2.29 bits per heavy atom. The van der Waals surface area contributed by atoms with Crippen LogP contribution in [-0.2, 0) is 0 Å². The standard InChI is InChI=1S/C12H7BrFNO2/c13-10-2-1-3-11(14)12(10)8-4-6-9(7-5-8)15(16)17/h1-7H. The fourth-order valence-corrected chi connectivity index (χ4v) is 2.09. The van der Waals surface area contributed by atoms with Crippen molar-refractivity contribution in [3.8, 4) is 11.1 Å². The maximum Gasteiger partial charge on any atom is 0.269 e. The number of rotatable bonds is 2. The molecule has 0 saturated carbocycles. The van der Waals surface area contributed by atoms with Gasteiger partial charge in [0.15, 0.2) is 0 Å². The van der Waals surface area contributed by atoms with Gasteiger partial charge in [-0.15, -0.1) is 0 Å². The molecule has 5 heteroatoms. The van der Waals surface area contributed by atoms with Crippen LogP contribution in [0.2, 0.25) is 0 Å². The SMILES string of the molecule is O=[N+]([O-])c1ccc(-c2c(F)cccc2Br)cc1. The summed E-state index contributed by atoms with van der Waals surface area (Å²) in [5.41, 5.74) is 0.990. The van der Waals surface area contributed by atoms with Gasteiger partial charge in [0, 0.05) is 22.2 Å². The molecule has 0 bridgehead atoms. The highest BCUT2D eigenvalue weighted by Gasteiger charge is 2.11. The van der Waals surface area contributed by atoms with Gasteiger partial charge in [-0.1, -0.05) is 22.0 Å². The molecule has 0 aliphatic rings. The number of hydrogen-bond donors (Lipinski definition) is 0. The van der Waals surface area contributed by atoms with Crippen molar-refractivity contribution in [1.29, 1.82) is 0 Å². The van der Waals surface area contributed by atoms with Crippen molar-refractivity contribution in [1.82, 2.24) is 0 Å². The van der Waals surface area contributed by atoms with E-state index in [4.69, 9.17) is 0 Å². The summed E-state index contributed by atoms with van der Waals surface area (Å²) in [5.74, 6) is -0.367. The second kappa shape index (κ2) is 4.63. The quantitative estimate of drug-likeness (QED) is 0.617. The van der Waals surface area contributed by atoms with Crippen molar-refractivity contribution in [2.75, 3.05) is 0 Å². The molecule has 0 N–H and O–H groups in total. The molecular formula is C12H7BrFNO2. The third-order valence-electron chi connectivity index (χ3n) is 2.33. The first-order chi connectivity index (χ1) is 8.09. The van der Waals surface area contributed by atoms with Crippen LogP contribution >= 0.6 is 15.9 Å². The normalized spacial score (nSPS) is 10.2. The van der Waals surface area contributed by atoms with E-state index in [0.29, 0.717) is 15.6 Å². The minimum Gasteiger partial charge on any atom is -0.258 e. The Morgan fingerprint density at radius 2 is 1.76 bits per heavy atom. The molecule has 2 aromatic rings. The van der Waals surface area contributed by atoms with Crippen LogP contribution in [0.4, 0.5) is 10.1 Å². The predicted molar refractivity (Wildman–Crippen MR) is 66.2 cm³/mol. The van der Waals surface area contributed by atoms with E-state index in [-0.39, 0.29) is 11.5 Å². The molecule has 0 aromatic heterocycles. The molecule has 0 saturated heterocycles. The Kier molecular flexibility index (Phi) is 3.19. The van der Waals surface area contributed by atoms with Crippen molar-refractivity contribution in [2.45, 2.75) is 0 Å². The van der Waals surface area contributed by atoms with Gasteiger partial charge >= 0.3 is 0 Å². The van der Waals surface area contributed by atoms with Crippen LogP contribution in [0.3, 0.4) is 0 Å². The lowest BCUT2D eigenvalue weighted by Gasteiger charge is -2.05. The minimum atomic E-state index is -0.486. The fraction of sp³-hybridized carbons (Fsp3) is 0. The van der Waals surface area contributed by atoms with Crippen LogP contribution < -0.4 is 0 Å². The van der Waals surface area contributed by atoms with Crippen LogP contribution in [0.15, 0.2) is 46.9 Å². The first kappa shape index (κ1) is 11.7. The largest absolute Gasteiger partial charge is 0.269 e. The number of halogens is 2. The van der Waals surface area contributed by atoms with Crippen molar-refractivity contribution in [3.63, 3.8) is 0 Å². The molecule has 0 atom stereocenters. The summed E-state index contributed by atoms with van der Waals surface area (Å²) in [6.07, 6.45) is 0. The van der Waals surface area contributed by atoms with Gasteiger partial charge in [0.1, 0.15) is 5.82 Å². The van der Waals surface area contributed by atoms with Gasteiger partial charge in [0.2, 0.25) is 0 Å². The molecule has 2 rings (SSSR count). The molecule has 3 nitrogen and oxygen atoms in total. The summed E-state index contributed by atoms with van der Waals surface area (Å²) in [6, 6.07) is 10.4. The zero-order valence-corrected chi connectivity index (χ0v) is 10.1. The minimum absolute atomic E-state index is 0.0128. The maximum atomic E-state index is 13.6.